The molecule has 12 heavy (non-hydrogen) atoms. The number of ether oxygens (including phenoxy) is 1. The first-order valence-electron chi connectivity index (χ1n) is 3.29. The molecule has 0 aliphatic rings. The summed E-state index contributed by atoms with van der Waals surface area (Å²) in [4.78, 5) is 20.9. The van der Waals surface area contributed by atoms with E-state index in [4.69, 9.17) is 5.11 Å². The van der Waals surface area contributed by atoms with E-state index in [1.54, 1.807) is 5.70 Å². The van der Waals surface area contributed by atoms with Crippen molar-refractivity contribution in [1.29, 1.82) is 0 Å². The Morgan fingerprint density at radius 1 is 1.58 bits per heavy atom. The number of carbonyl (C=O) groups is 2. The molecule has 0 unspecified atom stereocenters. The molecule has 4 nitrogen and oxygen atoms in total. The Balaban J connectivity index is 3.94. The molecule has 0 fully saturated rings. The lowest BCUT2D eigenvalue weighted by Crippen LogP contribution is -2.07. The number of rotatable bonds is 4. The molecule has 0 heterocycles. The van der Waals surface area contributed by atoms with Crippen molar-refractivity contribution in [3.8, 4) is 0 Å². The molecule has 0 aliphatic heterocycles. The lowest BCUT2D eigenvalue weighted by Gasteiger charge is -1.98. The quantitative estimate of drug-likeness (QED) is 0.275. The molecular weight excluding hydrogens is 176 g/mol. The van der Waals surface area contributed by atoms with Crippen LogP contribution in [0.4, 0.5) is 0 Å². The molecule has 66 valence electrons. The van der Waals surface area contributed by atoms with Gasteiger partial charge in [-0.1, -0.05) is 12.3 Å². The van der Waals surface area contributed by atoms with Gasteiger partial charge in [-0.15, -0.1) is 0 Å². The van der Waals surface area contributed by atoms with Crippen LogP contribution >= 0.6 is 0 Å². The molecule has 0 aliphatic carbocycles. The topological polar surface area (TPSA) is 63.6 Å². The number of carboxylic acids is 1. The third kappa shape index (κ3) is 4.45. The highest BCUT2D eigenvalue weighted by atomic mass is 28.1. The van der Waals surface area contributed by atoms with Crippen LogP contribution in [0.5, 0.6) is 0 Å². The fourth-order valence-electron chi connectivity index (χ4n) is 0.468. The number of carbonyl (C=O) groups excluding carboxylic acids is 1. The third-order valence-corrected chi connectivity index (χ3v) is 1.24. The van der Waals surface area contributed by atoms with Gasteiger partial charge in [0, 0.05) is 15.8 Å². The molecule has 0 saturated carbocycles. The van der Waals surface area contributed by atoms with E-state index in [0.717, 1.165) is 10.2 Å². The van der Waals surface area contributed by atoms with E-state index in [1.165, 1.54) is 6.26 Å². The normalized spacial score (nSPS) is 10.0. The zero-order valence-electron chi connectivity index (χ0n) is 6.74. The minimum Gasteiger partial charge on any atom is -0.481 e. The van der Waals surface area contributed by atoms with Crippen LogP contribution in [-0.2, 0) is 14.3 Å². The highest BCUT2D eigenvalue weighted by Gasteiger charge is 2.10. The summed E-state index contributed by atoms with van der Waals surface area (Å²) in [6.07, 6.45) is 0.857. The Kier molecular flexibility index (Phi) is 4.71. The monoisotopic (exact) mass is 186 g/mol. The Bertz CT molecular complexity index is 232. The minimum absolute atomic E-state index is 0.0535. The number of esters is 1. The van der Waals surface area contributed by atoms with Crippen LogP contribution in [-0.4, -0.2) is 27.3 Å². The van der Waals surface area contributed by atoms with E-state index < -0.39 is 11.9 Å². The molecule has 0 aromatic carbocycles. The fourth-order valence-corrected chi connectivity index (χ4v) is 0.604. The van der Waals surface area contributed by atoms with Gasteiger partial charge in [-0.2, -0.15) is 0 Å². The van der Waals surface area contributed by atoms with Gasteiger partial charge in [-0.3, -0.25) is 4.79 Å². The number of carboxylic acid groups (broad SMARTS) is 1. The second-order valence-corrected chi connectivity index (χ2v) is 2.72. The first-order valence-corrected chi connectivity index (χ1v) is 4.45. The summed E-state index contributed by atoms with van der Waals surface area (Å²) in [7, 11) is 0.785. The van der Waals surface area contributed by atoms with Gasteiger partial charge in [0.2, 0.25) is 0 Å². The third-order valence-electron chi connectivity index (χ3n) is 0.964. The standard InChI is InChI=1S/C7H10O4Si/c1-5(4-6(8)9)7(10)11-2-3-12/h2-3H,1,4H2,12H3,(H,8,9). The Morgan fingerprint density at radius 3 is 2.58 bits per heavy atom. The van der Waals surface area contributed by atoms with Crippen molar-refractivity contribution < 1.29 is 19.4 Å². The lowest BCUT2D eigenvalue weighted by molar-refractivity contribution is -0.140. The largest absolute Gasteiger partial charge is 0.481 e. The summed E-state index contributed by atoms with van der Waals surface area (Å²) >= 11 is 0. The van der Waals surface area contributed by atoms with Gasteiger partial charge in [0.1, 0.15) is 0 Å². The van der Waals surface area contributed by atoms with Gasteiger partial charge in [-0.25, -0.2) is 4.79 Å². The van der Waals surface area contributed by atoms with Gasteiger partial charge in [0.25, 0.3) is 0 Å². The van der Waals surface area contributed by atoms with Crippen molar-refractivity contribution in [3.05, 3.63) is 24.1 Å². The molecular formula is C7H10O4Si. The molecule has 1 N–H and O–H groups in total. The molecule has 5 heteroatoms. The fraction of sp³-hybridized carbons (Fsp3) is 0.143. The molecule has 0 saturated heterocycles. The molecule has 0 aromatic heterocycles. The molecule has 0 rings (SSSR count). The van der Waals surface area contributed by atoms with E-state index in [2.05, 4.69) is 11.3 Å². The molecule has 0 amide bonds. The van der Waals surface area contributed by atoms with Gasteiger partial charge in [0.05, 0.1) is 12.7 Å². The predicted octanol–water partition coefficient (Wildman–Crippen LogP) is -0.603. The van der Waals surface area contributed by atoms with E-state index in [1.807, 2.05) is 0 Å². The van der Waals surface area contributed by atoms with Crippen LogP contribution in [0.15, 0.2) is 24.1 Å². The summed E-state index contributed by atoms with van der Waals surface area (Å²) in [6, 6.07) is 0. The zero-order chi connectivity index (χ0) is 9.56. The highest BCUT2D eigenvalue weighted by molar-refractivity contribution is 6.16. The first kappa shape index (κ1) is 10.6. The maximum atomic E-state index is 10.8. The summed E-state index contributed by atoms with van der Waals surface area (Å²) in [5.41, 5.74) is 1.61. The van der Waals surface area contributed by atoms with E-state index in [0.29, 0.717) is 0 Å². The van der Waals surface area contributed by atoms with Crippen LogP contribution < -0.4 is 0 Å². The second-order valence-electron chi connectivity index (χ2n) is 2.05. The maximum absolute atomic E-state index is 10.8. The Hall–Kier alpha value is -1.36. The van der Waals surface area contributed by atoms with E-state index in [9.17, 15) is 9.59 Å². The highest BCUT2D eigenvalue weighted by Crippen LogP contribution is 2.00. The number of aliphatic carboxylic acids is 1. The average Bonchev–Trinajstić information content (AvgIpc) is 1.98. The van der Waals surface area contributed by atoms with Crippen LogP contribution in [0.3, 0.4) is 0 Å². The lowest BCUT2D eigenvalue weighted by atomic mass is 10.2. The minimum atomic E-state index is -1.09. The van der Waals surface area contributed by atoms with Gasteiger partial charge < -0.3 is 9.84 Å². The average molecular weight is 186 g/mol. The molecule has 0 spiro atoms. The second kappa shape index (κ2) is 5.31. The summed E-state index contributed by atoms with van der Waals surface area (Å²) < 4.78 is 4.51. The summed E-state index contributed by atoms with van der Waals surface area (Å²) in [6.45, 7) is 3.27. The van der Waals surface area contributed by atoms with Crippen molar-refractivity contribution >= 4 is 22.2 Å². The predicted molar refractivity (Wildman–Crippen MR) is 46.6 cm³/mol. The Morgan fingerprint density at radius 2 is 2.17 bits per heavy atom. The van der Waals surface area contributed by atoms with Gasteiger partial charge in [-0.05, 0) is 0 Å². The first-order chi connectivity index (χ1) is 5.57. The Labute approximate surface area is 73.0 Å². The van der Waals surface area contributed by atoms with E-state index >= 15 is 0 Å². The van der Waals surface area contributed by atoms with Crippen LogP contribution in [0.25, 0.3) is 0 Å². The van der Waals surface area contributed by atoms with Crippen LogP contribution in [0.2, 0.25) is 0 Å². The van der Waals surface area contributed by atoms with Crippen molar-refractivity contribution in [2.75, 3.05) is 0 Å². The van der Waals surface area contributed by atoms with Gasteiger partial charge >= 0.3 is 11.9 Å². The van der Waals surface area contributed by atoms with Crippen molar-refractivity contribution in [1.82, 2.24) is 0 Å². The van der Waals surface area contributed by atoms with E-state index in [-0.39, 0.29) is 12.0 Å². The summed E-state index contributed by atoms with van der Waals surface area (Å²) in [5.74, 6) is -1.78. The zero-order valence-corrected chi connectivity index (χ0v) is 8.74. The molecule has 0 atom stereocenters. The van der Waals surface area contributed by atoms with Gasteiger partial charge in [0.15, 0.2) is 0 Å². The molecule has 0 aromatic rings. The number of hydrogen-bond donors (Lipinski definition) is 1. The van der Waals surface area contributed by atoms with Crippen LogP contribution in [0, 0.1) is 0 Å². The number of hydrogen-bond acceptors (Lipinski definition) is 3. The van der Waals surface area contributed by atoms with Crippen molar-refractivity contribution in [2.24, 2.45) is 0 Å². The SMILES string of the molecule is C=C(CC(=O)O)C(=O)OC=C[SiH3]. The maximum Gasteiger partial charge on any atom is 0.338 e. The van der Waals surface area contributed by atoms with Crippen LogP contribution in [0.1, 0.15) is 6.42 Å². The van der Waals surface area contributed by atoms with Crippen molar-refractivity contribution in [2.45, 2.75) is 6.42 Å². The summed E-state index contributed by atoms with van der Waals surface area (Å²) in [5, 5.41) is 8.28. The molecule has 0 radical (unpaired) electrons. The smallest absolute Gasteiger partial charge is 0.338 e. The van der Waals surface area contributed by atoms with Crippen molar-refractivity contribution in [3.63, 3.8) is 0 Å². The molecule has 0 bridgehead atoms.